The Balaban J connectivity index is 1.52. The Morgan fingerprint density at radius 2 is 1.85 bits per heavy atom. The molecule has 0 atom stereocenters. The Bertz CT molecular complexity index is 1030. The molecule has 4 aromatic rings. The number of hydrogen-bond donors (Lipinski definition) is 1. The first-order chi connectivity index (χ1) is 12.8. The third-order valence-corrected chi connectivity index (χ3v) is 4.17. The molecular weight excluding hydrogens is 326 g/mol. The highest BCUT2D eigenvalue weighted by molar-refractivity contribution is 6.00. The number of carbonyl (C=O) groups is 1. The van der Waals surface area contributed by atoms with E-state index in [2.05, 4.69) is 15.5 Å². The summed E-state index contributed by atoms with van der Waals surface area (Å²) in [7, 11) is 0. The fourth-order valence-corrected chi connectivity index (χ4v) is 2.83. The molecule has 26 heavy (non-hydrogen) atoms. The summed E-state index contributed by atoms with van der Waals surface area (Å²) in [4.78, 5) is 16.7. The van der Waals surface area contributed by atoms with Gasteiger partial charge in [-0.1, -0.05) is 41.6 Å². The van der Waals surface area contributed by atoms with E-state index in [1.165, 1.54) is 0 Å². The van der Waals surface area contributed by atoms with Crippen LogP contribution in [0.4, 0.5) is 0 Å². The van der Waals surface area contributed by atoms with E-state index in [4.69, 9.17) is 4.52 Å². The second kappa shape index (κ2) is 7.19. The maximum atomic E-state index is 12.5. The molecule has 1 amide bonds. The lowest BCUT2D eigenvalue weighted by Crippen LogP contribution is -2.25. The molecule has 5 heteroatoms. The second-order valence-electron chi connectivity index (χ2n) is 5.94. The monoisotopic (exact) mass is 343 g/mol. The van der Waals surface area contributed by atoms with Crippen LogP contribution in [0.2, 0.25) is 0 Å². The average molecular weight is 343 g/mol. The van der Waals surface area contributed by atoms with Gasteiger partial charge in [-0.05, 0) is 30.3 Å². The van der Waals surface area contributed by atoms with Crippen molar-refractivity contribution in [1.82, 2.24) is 15.5 Å². The number of rotatable bonds is 5. The van der Waals surface area contributed by atoms with Crippen LogP contribution < -0.4 is 5.32 Å². The van der Waals surface area contributed by atoms with E-state index in [1.807, 2.05) is 54.6 Å². The van der Waals surface area contributed by atoms with Gasteiger partial charge in [-0.15, -0.1) is 0 Å². The molecule has 0 fully saturated rings. The van der Waals surface area contributed by atoms with Gasteiger partial charge in [-0.2, -0.15) is 0 Å². The summed E-state index contributed by atoms with van der Waals surface area (Å²) in [5, 5.41) is 7.84. The molecule has 0 aliphatic rings. The zero-order chi connectivity index (χ0) is 17.8. The van der Waals surface area contributed by atoms with Gasteiger partial charge < -0.3 is 9.84 Å². The van der Waals surface area contributed by atoms with Crippen molar-refractivity contribution in [1.29, 1.82) is 0 Å². The van der Waals surface area contributed by atoms with Gasteiger partial charge in [0.1, 0.15) is 5.52 Å². The minimum absolute atomic E-state index is 0.122. The summed E-state index contributed by atoms with van der Waals surface area (Å²) in [5.41, 5.74) is 3.20. The Labute approximate surface area is 150 Å². The van der Waals surface area contributed by atoms with E-state index in [0.29, 0.717) is 24.3 Å². The maximum absolute atomic E-state index is 12.5. The number of carbonyl (C=O) groups excluding carboxylic acids is 1. The molecule has 0 aliphatic heterocycles. The molecule has 0 saturated heterocycles. The van der Waals surface area contributed by atoms with Gasteiger partial charge in [0.15, 0.2) is 5.76 Å². The zero-order valence-electron chi connectivity index (χ0n) is 14.1. The van der Waals surface area contributed by atoms with Crippen molar-refractivity contribution < 1.29 is 9.32 Å². The van der Waals surface area contributed by atoms with Crippen LogP contribution in [0.1, 0.15) is 16.1 Å². The van der Waals surface area contributed by atoms with Crippen LogP contribution in [-0.4, -0.2) is 22.6 Å². The Hall–Kier alpha value is -3.47. The summed E-state index contributed by atoms with van der Waals surface area (Å²) in [6.07, 6.45) is 2.44. The van der Waals surface area contributed by atoms with Crippen LogP contribution in [0.15, 0.2) is 77.4 Å². The summed E-state index contributed by atoms with van der Waals surface area (Å²) in [6, 6.07) is 20.9. The number of aromatic nitrogens is 2. The van der Waals surface area contributed by atoms with Crippen molar-refractivity contribution in [2.75, 3.05) is 6.54 Å². The Kier molecular flexibility index (Phi) is 4.43. The molecule has 0 aliphatic carbocycles. The molecule has 0 spiro atoms. The van der Waals surface area contributed by atoms with E-state index in [0.717, 1.165) is 22.2 Å². The predicted octanol–water partition coefficient (Wildman–Crippen LogP) is 3.86. The second-order valence-corrected chi connectivity index (χ2v) is 5.94. The van der Waals surface area contributed by atoms with Crippen LogP contribution in [0.5, 0.6) is 0 Å². The number of nitrogens with one attached hydrogen (secondary N) is 1. The van der Waals surface area contributed by atoms with E-state index in [1.54, 1.807) is 18.3 Å². The van der Waals surface area contributed by atoms with Gasteiger partial charge in [-0.25, -0.2) is 0 Å². The number of hydrogen-bond acceptors (Lipinski definition) is 4. The minimum atomic E-state index is -0.122. The molecule has 2 heterocycles. The third-order valence-electron chi connectivity index (χ3n) is 4.17. The zero-order valence-corrected chi connectivity index (χ0v) is 14.1. The molecule has 0 radical (unpaired) electrons. The lowest BCUT2D eigenvalue weighted by atomic mass is 10.1. The molecule has 5 nitrogen and oxygen atoms in total. The SMILES string of the molecule is O=C(NCCc1ccccn1)c1ccc2noc(-c3ccccc3)c2c1. The van der Waals surface area contributed by atoms with Gasteiger partial charge in [0.25, 0.3) is 5.91 Å². The molecule has 128 valence electrons. The van der Waals surface area contributed by atoms with E-state index in [9.17, 15) is 4.79 Å². The normalized spacial score (nSPS) is 10.8. The van der Waals surface area contributed by atoms with Crippen LogP contribution in [-0.2, 0) is 6.42 Å². The quantitative estimate of drug-likeness (QED) is 0.597. The minimum Gasteiger partial charge on any atom is -0.355 e. The van der Waals surface area contributed by atoms with Gasteiger partial charge in [0.05, 0.1) is 5.39 Å². The highest BCUT2D eigenvalue weighted by Gasteiger charge is 2.13. The van der Waals surface area contributed by atoms with Crippen molar-refractivity contribution in [3.05, 3.63) is 84.2 Å². The number of nitrogens with zero attached hydrogens (tertiary/aromatic N) is 2. The number of amides is 1. The molecular formula is C21H17N3O2. The summed E-state index contributed by atoms with van der Waals surface area (Å²) >= 11 is 0. The Morgan fingerprint density at radius 1 is 1.00 bits per heavy atom. The number of benzene rings is 2. The van der Waals surface area contributed by atoms with E-state index >= 15 is 0 Å². The average Bonchev–Trinajstić information content (AvgIpc) is 3.12. The summed E-state index contributed by atoms with van der Waals surface area (Å²) in [6.45, 7) is 0.531. The van der Waals surface area contributed by atoms with Crippen molar-refractivity contribution in [2.24, 2.45) is 0 Å². The first-order valence-corrected chi connectivity index (χ1v) is 8.44. The van der Waals surface area contributed by atoms with Gasteiger partial charge in [0.2, 0.25) is 0 Å². The van der Waals surface area contributed by atoms with Crippen molar-refractivity contribution in [3.63, 3.8) is 0 Å². The van der Waals surface area contributed by atoms with Crippen LogP contribution in [0.3, 0.4) is 0 Å². The van der Waals surface area contributed by atoms with E-state index < -0.39 is 0 Å². The number of pyridine rings is 1. The fraction of sp³-hybridized carbons (Fsp3) is 0.0952. The lowest BCUT2D eigenvalue weighted by molar-refractivity contribution is 0.0954. The molecule has 0 bridgehead atoms. The number of fused-ring (bicyclic) bond motifs is 1. The van der Waals surface area contributed by atoms with Crippen LogP contribution in [0, 0.1) is 0 Å². The van der Waals surface area contributed by atoms with Crippen molar-refractivity contribution >= 4 is 16.8 Å². The molecule has 0 saturated carbocycles. The fourth-order valence-electron chi connectivity index (χ4n) is 2.83. The summed E-state index contributed by atoms with van der Waals surface area (Å²) in [5.74, 6) is 0.548. The van der Waals surface area contributed by atoms with Gasteiger partial charge >= 0.3 is 0 Å². The predicted molar refractivity (Wildman–Crippen MR) is 99.7 cm³/mol. The topological polar surface area (TPSA) is 68.0 Å². The highest BCUT2D eigenvalue weighted by atomic mass is 16.5. The molecule has 2 aromatic heterocycles. The third kappa shape index (κ3) is 3.32. The standard InChI is InChI=1S/C21H17N3O2/c25-21(23-13-11-17-8-4-5-12-22-17)16-9-10-19-18(14-16)20(26-24-19)15-6-2-1-3-7-15/h1-10,12,14H,11,13H2,(H,23,25). The van der Waals surface area contributed by atoms with E-state index in [-0.39, 0.29) is 5.91 Å². The maximum Gasteiger partial charge on any atom is 0.251 e. The molecule has 2 aromatic carbocycles. The van der Waals surface area contributed by atoms with Crippen molar-refractivity contribution in [2.45, 2.75) is 6.42 Å². The first-order valence-electron chi connectivity index (χ1n) is 8.44. The Morgan fingerprint density at radius 3 is 2.65 bits per heavy atom. The van der Waals surface area contributed by atoms with Crippen LogP contribution >= 0.6 is 0 Å². The molecule has 1 N–H and O–H groups in total. The molecule has 0 unspecified atom stereocenters. The molecule has 4 rings (SSSR count). The first kappa shape index (κ1) is 16.0. The lowest BCUT2D eigenvalue weighted by Gasteiger charge is -2.05. The smallest absolute Gasteiger partial charge is 0.251 e. The van der Waals surface area contributed by atoms with Gasteiger partial charge in [0, 0.05) is 36.0 Å². The van der Waals surface area contributed by atoms with Crippen molar-refractivity contribution in [3.8, 4) is 11.3 Å². The van der Waals surface area contributed by atoms with Crippen LogP contribution in [0.25, 0.3) is 22.2 Å². The van der Waals surface area contributed by atoms with Gasteiger partial charge in [-0.3, -0.25) is 9.78 Å². The summed E-state index contributed by atoms with van der Waals surface area (Å²) < 4.78 is 5.48. The highest BCUT2D eigenvalue weighted by Crippen LogP contribution is 2.29. The largest absolute Gasteiger partial charge is 0.355 e.